The first kappa shape index (κ1) is 18.6. The Kier molecular flexibility index (Phi) is 5.39. The van der Waals surface area contributed by atoms with Gasteiger partial charge in [-0.15, -0.1) is 0 Å². The highest BCUT2D eigenvalue weighted by Gasteiger charge is 2.26. The van der Waals surface area contributed by atoms with Gasteiger partial charge in [-0.2, -0.15) is 0 Å². The van der Waals surface area contributed by atoms with E-state index in [1.807, 2.05) is 24.5 Å². The highest BCUT2D eigenvalue weighted by molar-refractivity contribution is 5.87. The van der Waals surface area contributed by atoms with Gasteiger partial charge in [-0.1, -0.05) is 0 Å². The molecule has 1 saturated carbocycles. The van der Waals surface area contributed by atoms with E-state index in [1.165, 1.54) is 23.8 Å². The van der Waals surface area contributed by atoms with Crippen molar-refractivity contribution in [3.8, 4) is 17.0 Å². The molecule has 3 aromatic rings. The van der Waals surface area contributed by atoms with E-state index in [0.29, 0.717) is 31.1 Å². The van der Waals surface area contributed by atoms with Gasteiger partial charge in [0.1, 0.15) is 12.4 Å². The van der Waals surface area contributed by atoms with Gasteiger partial charge in [0.25, 0.3) is 0 Å². The molecular weight excluding hydrogens is 352 g/mol. The SMILES string of the molecule is COCCOc1ccc2c(C3CC3)cc(-c3cnc(NC(C)C)nc3)nc2c1. The molecule has 1 N–H and O–H groups in total. The van der Waals surface area contributed by atoms with Crippen molar-refractivity contribution in [1.82, 2.24) is 15.0 Å². The normalized spacial score (nSPS) is 13.9. The zero-order valence-electron chi connectivity index (χ0n) is 16.6. The Balaban J connectivity index is 1.69. The minimum Gasteiger partial charge on any atom is -0.491 e. The molecule has 6 heteroatoms. The molecule has 1 aliphatic rings. The Morgan fingerprint density at radius 3 is 2.57 bits per heavy atom. The first-order valence-electron chi connectivity index (χ1n) is 9.79. The van der Waals surface area contributed by atoms with E-state index in [9.17, 15) is 0 Å². The first-order chi connectivity index (χ1) is 13.6. The Labute approximate surface area is 165 Å². The molecule has 2 heterocycles. The molecule has 6 nitrogen and oxygen atoms in total. The Morgan fingerprint density at radius 2 is 1.89 bits per heavy atom. The van der Waals surface area contributed by atoms with E-state index in [-0.39, 0.29) is 0 Å². The lowest BCUT2D eigenvalue weighted by molar-refractivity contribution is 0.146. The van der Waals surface area contributed by atoms with Crippen molar-refractivity contribution >= 4 is 16.9 Å². The predicted molar refractivity (Wildman–Crippen MR) is 111 cm³/mol. The monoisotopic (exact) mass is 378 g/mol. The average Bonchev–Trinajstić information content (AvgIpc) is 3.52. The third-order valence-corrected chi connectivity index (χ3v) is 4.75. The number of nitrogens with one attached hydrogen (secondary N) is 1. The van der Waals surface area contributed by atoms with Crippen molar-refractivity contribution in [1.29, 1.82) is 0 Å². The summed E-state index contributed by atoms with van der Waals surface area (Å²) in [4.78, 5) is 13.7. The van der Waals surface area contributed by atoms with Gasteiger partial charge in [0.05, 0.1) is 17.8 Å². The average molecular weight is 378 g/mol. The minimum atomic E-state index is 0.294. The van der Waals surface area contributed by atoms with E-state index in [2.05, 4.69) is 41.3 Å². The van der Waals surface area contributed by atoms with E-state index >= 15 is 0 Å². The number of benzene rings is 1. The van der Waals surface area contributed by atoms with Gasteiger partial charge >= 0.3 is 0 Å². The lowest BCUT2D eigenvalue weighted by Crippen LogP contribution is -2.12. The predicted octanol–water partition coefficient (Wildman–Crippen LogP) is 4.41. The molecule has 1 aromatic carbocycles. The van der Waals surface area contributed by atoms with E-state index < -0.39 is 0 Å². The van der Waals surface area contributed by atoms with Crippen molar-refractivity contribution in [3.63, 3.8) is 0 Å². The second-order valence-corrected chi connectivity index (χ2v) is 7.49. The number of hydrogen-bond donors (Lipinski definition) is 1. The maximum absolute atomic E-state index is 5.77. The number of ether oxygens (including phenoxy) is 2. The maximum atomic E-state index is 5.77. The molecule has 4 rings (SSSR count). The van der Waals surface area contributed by atoms with Crippen molar-refractivity contribution in [2.45, 2.75) is 38.6 Å². The maximum Gasteiger partial charge on any atom is 0.222 e. The quantitative estimate of drug-likeness (QED) is 0.586. The van der Waals surface area contributed by atoms with Crippen LogP contribution in [0.4, 0.5) is 5.95 Å². The summed E-state index contributed by atoms with van der Waals surface area (Å²) in [7, 11) is 1.67. The van der Waals surface area contributed by atoms with Gasteiger partial charge in [0, 0.05) is 42.6 Å². The Morgan fingerprint density at radius 1 is 1.11 bits per heavy atom. The number of nitrogens with zero attached hydrogens (tertiary/aromatic N) is 3. The summed E-state index contributed by atoms with van der Waals surface area (Å²) in [6, 6.07) is 8.63. The molecule has 28 heavy (non-hydrogen) atoms. The number of rotatable bonds is 8. The number of pyridine rings is 1. The lowest BCUT2D eigenvalue weighted by Gasteiger charge is -2.12. The second-order valence-electron chi connectivity index (χ2n) is 7.49. The van der Waals surface area contributed by atoms with Gasteiger partial charge in [0.2, 0.25) is 5.95 Å². The number of methoxy groups -OCH3 is 1. The Bertz CT molecular complexity index is 953. The van der Waals surface area contributed by atoms with Crippen molar-refractivity contribution in [3.05, 3.63) is 42.2 Å². The van der Waals surface area contributed by atoms with Crippen molar-refractivity contribution in [2.24, 2.45) is 0 Å². The van der Waals surface area contributed by atoms with E-state index in [4.69, 9.17) is 14.5 Å². The smallest absolute Gasteiger partial charge is 0.222 e. The van der Waals surface area contributed by atoms with Crippen LogP contribution < -0.4 is 10.1 Å². The molecule has 2 aromatic heterocycles. The zero-order valence-corrected chi connectivity index (χ0v) is 16.6. The summed E-state index contributed by atoms with van der Waals surface area (Å²) in [6.45, 7) is 5.22. The molecule has 0 saturated heterocycles. The summed E-state index contributed by atoms with van der Waals surface area (Å²) >= 11 is 0. The van der Waals surface area contributed by atoms with Crippen LogP contribution in [0.3, 0.4) is 0 Å². The van der Waals surface area contributed by atoms with Gasteiger partial charge in [-0.25, -0.2) is 15.0 Å². The van der Waals surface area contributed by atoms with Crippen LogP contribution >= 0.6 is 0 Å². The van der Waals surface area contributed by atoms with Crippen LogP contribution in [0, 0.1) is 0 Å². The van der Waals surface area contributed by atoms with Crippen molar-refractivity contribution in [2.75, 3.05) is 25.6 Å². The summed E-state index contributed by atoms with van der Waals surface area (Å²) in [5.74, 6) is 2.06. The van der Waals surface area contributed by atoms with Crippen LogP contribution in [0.25, 0.3) is 22.2 Å². The zero-order chi connectivity index (χ0) is 19.5. The molecule has 0 aliphatic heterocycles. The highest BCUT2D eigenvalue weighted by Crippen LogP contribution is 2.44. The van der Waals surface area contributed by atoms with Gasteiger partial charge in [0.15, 0.2) is 0 Å². The molecule has 1 fully saturated rings. The number of hydrogen-bond acceptors (Lipinski definition) is 6. The van der Waals surface area contributed by atoms with Crippen LogP contribution in [-0.4, -0.2) is 41.3 Å². The molecule has 146 valence electrons. The molecule has 0 amide bonds. The highest BCUT2D eigenvalue weighted by atomic mass is 16.5. The number of aromatic nitrogens is 3. The van der Waals surface area contributed by atoms with Gasteiger partial charge in [-0.3, -0.25) is 0 Å². The van der Waals surface area contributed by atoms with E-state index in [0.717, 1.165) is 22.5 Å². The van der Waals surface area contributed by atoms with Crippen LogP contribution in [0.2, 0.25) is 0 Å². The molecule has 0 bridgehead atoms. The third kappa shape index (κ3) is 4.22. The van der Waals surface area contributed by atoms with Crippen LogP contribution in [0.1, 0.15) is 38.2 Å². The fraction of sp³-hybridized carbons (Fsp3) is 0.409. The van der Waals surface area contributed by atoms with Crippen LogP contribution in [-0.2, 0) is 4.74 Å². The molecule has 0 unspecified atom stereocenters. The van der Waals surface area contributed by atoms with E-state index in [1.54, 1.807) is 7.11 Å². The topological polar surface area (TPSA) is 69.2 Å². The summed E-state index contributed by atoms with van der Waals surface area (Å²) in [6.07, 6.45) is 6.14. The fourth-order valence-corrected chi connectivity index (χ4v) is 3.24. The second kappa shape index (κ2) is 8.10. The summed E-state index contributed by atoms with van der Waals surface area (Å²) < 4.78 is 10.8. The molecule has 1 aliphatic carbocycles. The fourth-order valence-electron chi connectivity index (χ4n) is 3.24. The minimum absolute atomic E-state index is 0.294. The van der Waals surface area contributed by atoms with Crippen LogP contribution in [0.15, 0.2) is 36.7 Å². The first-order valence-corrected chi connectivity index (χ1v) is 9.79. The largest absolute Gasteiger partial charge is 0.491 e. The lowest BCUT2D eigenvalue weighted by atomic mass is 10.0. The molecular formula is C22H26N4O2. The van der Waals surface area contributed by atoms with Gasteiger partial charge < -0.3 is 14.8 Å². The summed E-state index contributed by atoms with van der Waals surface area (Å²) in [5, 5.41) is 4.41. The number of anilines is 1. The molecule has 0 radical (unpaired) electrons. The Hall–Kier alpha value is -2.73. The molecule has 0 spiro atoms. The summed E-state index contributed by atoms with van der Waals surface area (Å²) in [5.41, 5.74) is 4.12. The molecule has 0 atom stereocenters. The van der Waals surface area contributed by atoms with Crippen molar-refractivity contribution < 1.29 is 9.47 Å². The number of fused-ring (bicyclic) bond motifs is 1. The standard InChI is InChI=1S/C22H26N4O2/c1-14(2)25-22-23-12-16(13-24-22)20-11-19(15-4-5-15)18-7-6-17(10-21(18)26-20)28-9-8-27-3/h6-7,10-15H,4-5,8-9H2,1-3H3,(H,23,24,25). The third-order valence-electron chi connectivity index (χ3n) is 4.75. The van der Waals surface area contributed by atoms with Crippen LogP contribution in [0.5, 0.6) is 5.75 Å². The van der Waals surface area contributed by atoms with Gasteiger partial charge in [-0.05, 0) is 56.4 Å².